The first-order valence-electron chi connectivity index (χ1n) is 13.4. The number of amides is 2. The molecule has 1 aliphatic carbocycles. The van der Waals surface area contributed by atoms with E-state index in [1.54, 1.807) is 30.3 Å². The molecule has 9 heteroatoms. The van der Waals surface area contributed by atoms with Crippen LogP contribution in [0.5, 0.6) is 11.5 Å². The number of likely N-dealkylation sites (tertiary alicyclic amines) is 1. The molecule has 1 aliphatic heterocycles. The third-order valence-corrected chi connectivity index (χ3v) is 8.14. The summed E-state index contributed by atoms with van der Waals surface area (Å²) in [5, 5.41) is 14.4. The van der Waals surface area contributed by atoms with Gasteiger partial charge in [0.05, 0.1) is 5.41 Å². The van der Waals surface area contributed by atoms with Crippen LogP contribution in [0.1, 0.15) is 63.3 Å². The second-order valence-corrected chi connectivity index (χ2v) is 11.9. The number of hydrogen-bond acceptors (Lipinski definition) is 5. The molecule has 1 aromatic heterocycles. The van der Waals surface area contributed by atoms with Crippen molar-refractivity contribution in [1.82, 2.24) is 15.2 Å². The Morgan fingerprint density at radius 1 is 1.21 bits per heavy atom. The van der Waals surface area contributed by atoms with Gasteiger partial charge in [-0.05, 0) is 81.0 Å². The molecule has 3 N–H and O–H groups in total. The van der Waals surface area contributed by atoms with Crippen LogP contribution in [-0.4, -0.2) is 52.0 Å². The zero-order valence-electron chi connectivity index (χ0n) is 22.7. The Morgan fingerprint density at radius 2 is 1.97 bits per heavy atom. The van der Waals surface area contributed by atoms with Crippen molar-refractivity contribution in [1.29, 1.82) is 0 Å². The fourth-order valence-electron chi connectivity index (χ4n) is 6.39. The molecule has 0 bridgehead atoms. The molecule has 0 saturated carbocycles. The Labute approximate surface area is 226 Å². The van der Waals surface area contributed by atoms with E-state index in [1.807, 2.05) is 33.8 Å². The van der Waals surface area contributed by atoms with Gasteiger partial charge in [0.2, 0.25) is 11.8 Å². The summed E-state index contributed by atoms with van der Waals surface area (Å²) in [5.41, 5.74) is 2.19. The molecule has 1 fully saturated rings. The summed E-state index contributed by atoms with van der Waals surface area (Å²) in [5.74, 6) is -0.817. The minimum atomic E-state index is -2.95. The molecular weight excluding hydrogens is 504 g/mol. The van der Waals surface area contributed by atoms with Crippen molar-refractivity contribution >= 4 is 22.7 Å². The van der Waals surface area contributed by atoms with Crippen molar-refractivity contribution in [3.63, 3.8) is 0 Å². The number of ether oxygens (including phenoxy) is 1. The van der Waals surface area contributed by atoms with Crippen molar-refractivity contribution in [2.24, 2.45) is 11.3 Å². The lowest BCUT2D eigenvalue weighted by Crippen LogP contribution is -2.52. The zero-order valence-corrected chi connectivity index (χ0v) is 22.7. The summed E-state index contributed by atoms with van der Waals surface area (Å²) in [4.78, 5) is 32.4. The predicted octanol–water partition coefficient (Wildman–Crippen LogP) is 5.32. The van der Waals surface area contributed by atoms with E-state index in [-0.39, 0.29) is 53.7 Å². The predicted molar refractivity (Wildman–Crippen MR) is 144 cm³/mol. The first-order valence-corrected chi connectivity index (χ1v) is 13.4. The second-order valence-electron chi connectivity index (χ2n) is 11.9. The van der Waals surface area contributed by atoms with E-state index < -0.39 is 12.0 Å². The first-order chi connectivity index (χ1) is 18.4. The maximum absolute atomic E-state index is 14.3. The van der Waals surface area contributed by atoms with Crippen LogP contribution < -0.4 is 10.1 Å². The standard InChI is InChI=1S/C30H35F2N3O4/c1-29(2,3)33-12-13-35-24(37)11-9-22-25(17-6-5-7-18(36)14-17)26-21(16-30(22,4)27(35)38)20-15-19(39-28(31)32)8-10-23(20)34-26/h5-8,10,14-15,22,25,28,33-34,36H,9,11-13,16H2,1-4H3/t22?,25-,30+/m0/s1. The molecule has 2 amide bonds. The smallest absolute Gasteiger partial charge is 0.387 e. The number of carbonyl (C=O) groups is 2. The molecule has 7 nitrogen and oxygen atoms in total. The molecule has 1 saturated heterocycles. The number of halogens is 2. The number of nitrogens with zero attached hydrogens (tertiary/aromatic N) is 1. The minimum absolute atomic E-state index is 0.0396. The van der Waals surface area contributed by atoms with E-state index >= 15 is 0 Å². The number of benzene rings is 2. The number of alkyl halides is 2. The Balaban J connectivity index is 1.63. The summed E-state index contributed by atoms with van der Waals surface area (Å²) >= 11 is 0. The summed E-state index contributed by atoms with van der Waals surface area (Å²) in [6.45, 7) is 5.79. The fraction of sp³-hybridized carbons (Fsp3) is 0.467. The normalized spacial score (nSPS) is 23.6. The number of phenolic OH excluding ortho intramolecular Hbond substituents is 1. The van der Waals surface area contributed by atoms with Gasteiger partial charge in [0.15, 0.2) is 0 Å². The third kappa shape index (κ3) is 5.12. The van der Waals surface area contributed by atoms with Gasteiger partial charge in [-0.25, -0.2) is 0 Å². The van der Waals surface area contributed by atoms with E-state index in [1.165, 1.54) is 11.0 Å². The van der Waals surface area contributed by atoms with Crippen LogP contribution >= 0.6 is 0 Å². The van der Waals surface area contributed by atoms with E-state index in [9.17, 15) is 23.5 Å². The monoisotopic (exact) mass is 539 g/mol. The molecule has 5 rings (SSSR count). The second kappa shape index (κ2) is 9.93. The van der Waals surface area contributed by atoms with Crippen molar-refractivity contribution in [3.05, 3.63) is 59.3 Å². The number of fused-ring (bicyclic) bond motifs is 4. The molecule has 2 aromatic carbocycles. The number of aromatic nitrogens is 1. The number of hydrogen-bond donors (Lipinski definition) is 3. The minimum Gasteiger partial charge on any atom is -0.508 e. The summed E-state index contributed by atoms with van der Waals surface area (Å²) < 4.78 is 30.7. The number of rotatable bonds is 6. The topological polar surface area (TPSA) is 94.7 Å². The first kappa shape index (κ1) is 27.1. The SMILES string of the molecule is CC(C)(C)NCCN1C(=O)CCC2[C@H](c3cccc(O)c3)c3[nH]c4ccc(OC(F)F)cc4c3C[C@@]2(C)C1=O. The van der Waals surface area contributed by atoms with E-state index in [0.29, 0.717) is 24.8 Å². The zero-order chi connectivity index (χ0) is 28.1. The maximum atomic E-state index is 14.3. The Morgan fingerprint density at radius 3 is 2.67 bits per heavy atom. The van der Waals surface area contributed by atoms with Crippen LogP contribution in [0.2, 0.25) is 0 Å². The number of H-pyrrole nitrogens is 1. The number of carbonyl (C=O) groups excluding carboxylic acids is 2. The highest BCUT2D eigenvalue weighted by Crippen LogP contribution is 2.55. The van der Waals surface area contributed by atoms with E-state index in [4.69, 9.17) is 0 Å². The van der Waals surface area contributed by atoms with Crippen LogP contribution in [-0.2, 0) is 16.0 Å². The summed E-state index contributed by atoms with van der Waals surface area (Å²) in [7, 11) is 0. The van der Waals surface area contributed by atoms with Crippen LogP contribution in [0, 0.1) is 11.3 Å². The van der Waals surface area contributed by atoms with E-state index in [0.717, 1.165) is 22.3 Å². The lowest BCUT2D eigenvalue weighted by atomic mass is 9.59. The lowest BCUT2D eigenvalue weighted by molar-refractivity contribution is -0.151. The average molecular weight is 540 g/mol. The van der Waals surface area contributed by atoms with Crippen LogP contribution in [0.15, 0.2) is 42.5 Å². The van der Waals surface area contributed by atoms with Crippen molar-refractivity contribution in [2.45, 2.75) is 65.0 Å². The molecule has 39 heavy (non-hydrogen) atoms. The van der Waals surface area contributed by atoms with Crippen molar-refractivity contribution in [2.75, 3.05) is 13.1 Å². The molecule has 1 unspecified atom stereocenters. The highest BCUT2D eigenvalue weighted by molar-refractivity contribution is 6.00. The molecule has 0 spiro atoms. The molecular formula is C30H35F2N3O4. The van der Waals surface area contributed by atoms with Crippen molar-refractivity contribution < 1.29 is 28.2 Å². The third-order valence-electron chi connectivity index (χ3n) is 8.14. The van der Waals surface area contributed by atoms with Gasteiger partial charge in [0.25, 0.3) is 0 Å². The number of aromatic amines is 1. The van der Waals surface area contributed by atoms with Crippen molar-refractivity contribution in [3.8, 4) is 11.5 Å². The van der Waals surface area contributed by atoms with Crippen LogP contribution in [0.4, 0.5) is 8.78 Å². The van der Waals surface area contributed by atoms with E-state index in [2.05, 4.69) is 15.0 Å². The van der Waals surface area contributed by atoms with Gasteiger partial charge >= 0.3 is 6.61 Å². The number of phenols is 1. The molecule has 3 atom stereocenters. The highest BCUT2D eigenvalue weighted by atomic mass is 19.3. The van der Waals surface area contributed by atoms with Gasteiger partial charge < -0.3 is 20.1 Å². The van der Waals surface area contributed by atoms with Gasteiger partial charge in [0.1, 0.15) is 11.5 Å². The molecule has 2 heterocycles. The fourth-order valence-corrected chi connectivity index (χ4v) is 6.39. The number of nitrogens with one attached hydrogen (secondary N) is 2. The molecule has 3 aromatic rings. The average Bonchev–Trinajstić information content (AvgIpc) is 3.16. The Hall–Kier alpha value is -3.46. The van der Waals surface area contributed by atoms with Gasteiger partial charge in [0, 0.05) is 47.6 Å². The lowest BCUT2D eigenvalue weighted by Gasteiger charge is -2.45. The van der Waals surface area contributed by atoms with Gasteiger partial charge in [-0.15, -0.1) is 0 Å². The molecule has 208 valence electrons. The quantitative estimate of drug-likeness (QED) is 0.369. The van der Waals surface area contributed by atoms with Gasteiger partial charge in [-0.3, -0.25) is 14.5 Å². The number of imide groups is 1. The summed E-state index contributed by atoms with van der Waals surface area (Å²) in [6.07, 6.45) is 1.08. The van der Waals surface area contributed by atoms with Crippen LogP contribution in [0.3, 0.4) is 0 Å². The maximum Gasteiger partial charge on any atom is 0.387 e. The Bertz CT molecular complexity index is 1410. The molecule has 2 aliphatic rings. The summed E-state index contributed by atoms with van der Waals surface area (Å²) in [6, 6.07) is 11.8. The highest BCUT2D eigenvalue weighted by Gasteiger charge is 2.54. The van der Waals surface area contributed by atoms with Gasteiger partial charge in [-0.2, -0.15) is 8.78 Å². The Kier molecular flexibility index (Phi) is 6.91. The van der Waals surface area contributed by atoms with Gasteiger partial charge in [-0.1, -0.05) is 19.1 Å². The van der Waals surface area contributed by atoms with Crippen LogP contribution in [0.25, 0.3) is 10.9 Å². The molecule has 0 radical (unpaired) electrons. The largest absolute Gasteiger partial charge is 0.508 e. The number of aromatic hydroxyl groups is 1.